The van der Waals surface area contributed by atoms with E-state index in [0.29, 0.717) is 18.5 Å². The predicted molar refractivity (Wildman–Crippen MR) is 88.4 cm³/mol. The van der Waals surface area contributed by atoms with Crippen molar-refractivity contribution < 1.29 is 4.79 Å². The van der Waals surface area contributed by atoms with Crippen LogP contribution < -0.4 is 11.0 Å². The molecule has 23 heavy (non-hydrogen) atoms. The number of benzene rings is 1. The number of aryl methyl sites for hydroxylation is 2. The number of pyridine rings is 1. The molecule has 0 bridgehead atoms. The highest BCUT2D eigenvalue weighted by atomic mass is 16.2. The van der Waals surface area contributed by atoms with Gasteiger partial charge in [-0.1, -0.05) is 6.07 Å². The molecule has 0 radical (unpaired) electrons. The molecule has 0 unspecified atom stereocenters. The zero-order valence-corrected chi connectivity index (χ0v) is 13.1. The quantitative estimate of drug-likeness (QED) is 0.788. The molecule has 0 aliphatic carbocycles. The third-order valence-corrected chi connectivity index (χ3v) is 3.96. The van der Waals surface area contributed by atoms with Crippen molar-refractivity contribution in [3.63, 3.8) is 0 Å². The first-order valence-corrected chi connectivity index (χ1v) is 7.40. The Hall–Kier alpha value is -2.89. The summed E-state index contributed by atoms with van der Waals surface area (Å²) in [6.45, 7) is 0.528. The second kappa shape index (κ2) is 6.08. The van der Waals surface area contributed by atoms with Crippen LogP contribution in [-0.4, -0.2) is 26.6 Å². The number of rotatable bonds is 4. The number of carbonyl (C=O) groups is 1. The first-order chi connectivity index (χ1) is 11.1. The van der Waals surface area contributed by atoms with Crippen LogP contribution >= 0.6 is 0 Å². The summed E-state index contributed by atoms with van der Waals surface area (Å²) >= 11 is 0. The van der Waals surface area contributed by atoms with E-state index in [4.69, 9.17) is 0 Å². The number of hydrogen-bond donors (Lipinski definition) is 1. The Morgan fingerprint density at radius 2 is 1.96 bits per heavy atom. The number of carbonyl (C=O) groups excluding carboxylic acids is 1. The van der Waals surface area contributed by atoms with Gasteiger partial charge in [0, 0.05) is 33.0 Å². The molecule has 2 heterocycles. The Kier molecular flexibility index (Phi) is 3.97. The Balaban J connectivity index is 1.69. The SMILES string of the molecule is Cn1c(=O)n(C)c2cc(CCNC(=O)c3cccnc3)ccc21. The van der Waals surface area contributed by atoms with E-state index in [1.165, 1.54) is 0 Å². The van der Waals surface area contributed by atoms with Gasteiger partial charge in [-0.3, -0.25) is 18.9 Å². The molecule has 0 aliphatic heterocycles. The molecule has 1 amide bonds. The van der Waals surface area contributed by atoms with Crippen LogP contribution in [0.4, 0.5) is 0 Å². The normalized spacial score (nSPS) is 10.9. The Morgan fingerprint density at radius 3 is 2.70 bits per heavy atom. The molecule has 0 spiro atoms. The predicted octanol–water partition coefficient (Wildman–Crippen LogP) is 1.24. The van der Waals surface area contributed by atoms with E-state index in [9.17, 15) is 9.59 Å². The van der Waals surface area contributed by atoms with E-state index in [0.717, 1.165) is 16.6 Å². The van der Waals surface area contributed by atoms with Gasteiger partial charge >= 0.3 is 5.69 Å². The van der Waals surface area contributed by atoms with E-state index in [1.54, 1.807) is 47.8 Å². The van der Waals surface area contributed by atoms with Crippen molar-refractivity contribution in [3.05, 3.63) is 64.3 Å². The van der Waals surface area contributed by atoms with Crippen LogP contribution in [0.3, 0.4) is 0 Å². The minimum absolute atomic E-state index is 0.0398. The lowest BCUT2D eigenvalue weighted by Crippen LogP contribution is -2.25. The van der Waals surface area contributed by atoms with Crippen LogP contribution in [0.5, 0.6) is 0 Å². The zero-order chi connectivity index (χ0) is 16.4. The lowest BCUT2D eigenvalue weighted by Gasteiger charge is -2.06. The summed E-state index contributed by atoms with van der Waals surface area (Å²) in [4.78, 5) is 27.8. The standard InChI is InChI=1S/C17H18N4O2/c1-20-14-6-5-12(10-15(14)21(2)17(20)23)7-9-19-16(22)13-4-3-8-18-11-13/h3-6,8,10-11H,7,9H2,1-2H3,(H,19,22). The minimum atomic E-state index is -0.133. The summed E-state index contributed by atoms with van der Waals surface area (Å²) in [5, 5.41) is 2.87. The number of aromatic nitrogens is 3. The van der Waals surface area contributed by atoms with Gasteiger partial charge in [0.2, 0.25) is 0 Å². The molecule has 3 aromatic rings. The fourth-order valence-electron chi connectivity index (χ4n) is 2.63. The molecule has 1 N–H and O–H groups in total. The highest BCUT2D eigenvalue weighted by Gasteiger charge is 2.08. The summed E-state index contributed by atoms with van der Waals surface area (Å²) < 4.78 is 3.26. The van der Waals surface area contributed by atoms with Crippen LogP contribution in [0.2, 0.25) is 0 Å². The van der Waals surface area contributed by atoms with Gasteiger partial charge < -0.3 is 5.32 Å². The van der Waals surface area contributed by atoms with E-state index >= 15 is 0 Å². The monoisotopic (exact) mass is 310 g/mol. The number of hydrogen-bond acceptors (Lipinski definition) is 3. The second-order valence-electron chi connectivity index (χ2n) is 5.47. The molecular formula is C17H18N4O2. The van der Waals surface area contributed by atoms with Gasteiger partial charge in [0.05, 0.1) is 16.6 Å². The number of nitrogens with zero attached hydrogens (tertiary/aromatic N) is 3. The molecule has 3 rings (SSSR count). The third kappa shape index (κ3) is 2.88. The lowest BCUT2D eigenvalue weighted by atomic mass is 10.1. The highest BCUT2D eigenvalue weighted by molar-refractivity contribution is 5.93. The molecule has 0 aliphatic rings. The fraction of sp³-hybridized carbons (Fsp3) is 0.235. The van der Waals surface area contributed by atoms with E-state index in [2.05, 4.69) is 10.3 Å². The highest BCUT2D eigenvalue weighted by Crippen LogP contribution is 2.14. The van der Waals surface area contributed by atoms with Crippen molar-refractivity contribution in [1.29, 1.82) is 0 Å². The average Bonchev–Trinajstić information content (AvgIpc) is 2.80. The second-order valence-corrected chi connectivity index (χ2v) is 5.47. The maximum Gasteiger partial charge on any atom is 0.328 e. The van der Waals surface area contributed by atoms with Crippen LogP contribution in [0, 0.1) is 0 Å². The molecule has 118 valence electrons. The molecule has 0 saturated heterocycles. The van der Waals surface area contributed by atoms with Gasteiger partial charge in [0.1, 0.15) is 0 Å². The molecule has 2 aromatic heterocycles. The Morgan fingerprint density at radius 1 is 1.17 bits per heavy atom. The van der Waals surface area contributed by atoms with Gasteiger partial charge in [-0.25, -0.2) is 4.79 Å². The first kappa shape index (κ1) is 15.0. The number of fused-ring (bicyclic) bond motifs is 1. The number of imidazole rings is 1. The van der Waals surface area contributed by atoms with Gasteiger partial charge in [-0.15, -0.1) is 0 Å². The van der Waals surface area contributed by atoms with Gasteiger partial charge in [0.25, 0.3) is 5.91 Å². The average molecular weight is 310 g/mol. The van der Waals surface area contributed by atoms with Crippen molar-refractivity contribution in [3.8, 4) is 0 Å². The molecule has 1 aromatic carbocycles. The van der Waals surface area contributed by atoms with E-state index in [-0.39, 0.29) is 11.6 Å². The lowest BCUT2D eigenvalue weighted by molar-refractivity contribution is 0.0954. The maximum absolute atomic E-state index is 11.9. The van der Waals surface area contributed by atoms with Gasteiger partial charge in [-0.2, -0.15) is 0 Å². The Bertz CT molecular complexity index is 909. The van der Waals surface area contributed by atoms with Crippen LogP contribution in [0.25, 0.3) is 11.0 Å². The van der Waals surface area contributed by atoms with Crippen LogP contribution in [0.15, 0.2) is 47.5 Å². The largest absolute Gasteiger partial charge is 0.352 e. The van der Waals surface area contributed by atoms with Crippen molar-refractivity contribution >= 4 is 16.9 Å². The van der Waals surface area contributed by atoms with Crippen molar-refractivity contribution in [1.82, 2.24) is 19.4 Å². The van der Waals surface area contributed by atoms with Gasteiger partial charge in [-0.05, 0) is 36.2 Å². The summed E-state index contributed by atoms with van der Waals surface area (Å²) in [7, 11) is 3.52. The van der Waals surface area contributed by atoms with Crippen molar-refractivity contribution in [2.75, 3.05) is 6.54 Å². The van der Waals surface area contributed by atoms with Crippen molar-refractivity contribution in [2.24, 2.45) is 14.1 Å². The number of nitrogens with one attached hydrogen (secondary N) is 1. The van der Waals surface area contributed by atoms with Crippen LogP contribution in [-0.2, 0) is 20.5 Å². The maximum atomic E-state index is 11.9. The zero-order valence-electron chi connectivity index (χ0n) is 13.1. The summed E-state index contributed by atoms with van der Waals surface area (Å²) in [6.07, 6.45) is 3.88. The molecule has 6 heteroatoms. The first-order valence-electron chi connectivity index (χ1n) is 7.40. The van der Waals surface area contributed by atoms with Gasteiger partial charge in [0.15, 0.2) is 0 Å². The molecule has 0 atom stereocenters. The fourth-order valence-corrected chi connectivity index (χ4v) is 2.63. The molecule has 6 nitrogen and oxygen atoms in total. The van der Waals surface area contributed by atoms with E-state index < -0.39 is 0 Å². The van der Waals surface area contributed by atoms with E-state index in [1.807, 2.05) is 18.2 Å². The van der Waals surface area contributed by atoms with Crippen LogP contribution in [0.1, 0.15) is 15.9 Å². The summed E-state index contributed by atoms with van der Waals surface area (Å²) in [6, 6.07) is 9.38. The molecule has 0 saturated carbocycles. The Labute approximate surface area is 133 Å². The summed E-state index contributed by atoms with van der Waals surface area (Å²) in [5.41, 5.74) is 3.38. The smallest absolute Gasteiger partial charge is 0.328 e. The summed E-state index contributed by atoms with van der Waals surface area (Å²) in [5.74, 6) is -0.133. The molecular weight excluding hydrogens is 292 g/mol. The third-order valence-electron chi connectivity index (χ3n) is 3.96. The van der Waals surface area contributed by atoms with Crippen molar-refractivity contribution in [2.45, 2.75) is 6.42 Å². The number of amides is 1. The minimum Gasteiger partial charge on any atom is -0.352 e. The topological polar surface area (TPSA) is 68.9 Å². The molecule has 0 fully saturated rings.